The fraction of sp³-hybridized carbons (Fsp3) is 0.967. The minimum atomic E-state index is -4.63. The monoisotopic (exact) mass is 1030 g/mol. The average Bonchev–Trinajstić information content (AvgIpc) is 3.33. The Morgan fingerprint density at radius 2 is 0.634 bits per heavy atom. The molecule has 0 fully saturated rings. The summed E-state index contributed by atoms with van der Waals surface area (Å²) in [5.41, 5.74) is 0. The topological polar surface area (TPSA) is 111 Å². The number of carbonyl (C=O) groups is 2. The van der Waals surface area contributed by atoms with Gasteiger partial charge in [-0.25, -0.2) is 0 Å². The molecule has 9 nitrogen and oxygen atoms in total. The van der Waals surface area contributed by atoms with E-state index in [2.05, 4.69) is 13.8 Å². The summed E-state index contributed by atoms with van der Waals surface area (Å²) >= 11 is 0. The van der Waals surface area contributed by atoms with Crippen LogP contribution < -0.4 is 4.89 Å². The van der Waals surface area contributed by atoms with Gasteiger partial charge in [0.15, 0.2) is 6.10 Å². The maximum absolute atomic E-state index is 12.8. The first kappa shape index (κ1) is 70.0. The maximum Gasteiger partial charge on any atom is 0.306 e. The van der Waals surface area contributed by atoms with E-state index in [9.17, 15) is 19.0 Å². The Bertz CT molecular complexity index is 1160. The standard InChI is InChI=1S/C61H122NO8P/c1-6-8-10-12-14-16-18-20-21-22-23-24-25-26-27-28-29-30-31-32-33-34-35-36-37-38-39-40-42-44-46-48-50-52-54-61(64)70-59(58-69-71(65,66)68-56-55-62(3,4)5)57-67-60(63)53-51-49-47-45-43-41-19-17-15-13-11-9-7-2/h59H,6-58H2,1-5H3. The molecule has 0 aliphatic rings. The highest BCUT2D eigenvalue weighted by Gasteiger charge is 2.22. The number of likely N-dealkylation sites (N-methyl/N-ethyl adjacent to an activating group) is 1. The summed E-state index contributed by atoms with van der Waals surface area (Å²) in [5, 5.41) is 0. The number of quaternary nitrogens is 1. The van der Waals surface area contributed by atoms with Crippen LogP contribution in [0, 0.1) is 0 Å². The highest BCUT2D eigenvalue weighted by Crippen LogP contribution is 2.38. The molecule has 0 amide bonds. The van der Waals surface area contributed by atoms with Crippen LogP contribution in [0.1, 0.15) is 328 Å². The summed E-state index contributed by atoms with van der Waals surface area (Å²) in [6.07, 6.45) is 61.9. The van der Waals surface area contributed by atoms with Gasteiger partial charge in [0.2, 0.25) is 0 Å². The smallest absolute Gasteiger partial charge is 0.306 e. The molecule has 0 aliphatic heterocycles. The van der Waals surface area contributed by atoms with Gasteiger partial charge < -0.3 is 27.9 Å². The van der Waals surface area contributed by atoms with Crippen LogP contribution >= 0.6 is 7.82 Å². The van der Waals surface area contributed by atoms with Crippen LogP contribution in [0.4, 0.5) is 0 Å². The molecule has 424 valence electrons. The lowest BCUT2D eigenvalue weighted by Gasteiger charge is -2.28. The lowest BCUT2D eigenvalue weighted by Crippen LogP contribution is -2.37. The van der Waals surface area contributed by atoms with Crippen LogP contribution in [-0.2, 0) is 32.7 Å². The highest BCUT2D eigenvalue weighted by molar-refractivity contribution is 7.45. The second kappa shape index (κ2) is 53.8. The molecular weight excluding hydrogens is 906 g/mol. The largest absolute Gasteiger partial charge is 0.756 e. The molecule has 0 aromatic rings. The van der Waals surface area contributed by atoms with E-state index in [1.54, 1.807) is 0 Å². The number of unbranched alkanes of at least 4 members (excludes halogenated alkanes) is 45. The van der Waals surface area contributed by atoms with Crippen LogP contribution in [0.15, 0.2) is 0 Å². The van der Waals surface area contributed by atoms with Gasteiger partial charge in [-0.3, -0.25) is 14.2 Å². The Morgan fingerprint density at radius 1 is 0.380 bits per heavy atom. The molecule has 0 radical (unpaired) electrons. The van der Waals surface area contributed by atoms with Crippen LogP contribution in [-0.4, -0.2) is 70.0 Å². The van der Waals surface area contributed by atoms with Crippen molar-refractivity contribution in [2.45, 2.75) is 335 Å². The molecule has 0 aliphatic carbocycles. The van der Waals surface area contributed by atoms with Gasteiger partial charge in [0.25, 0.3) is 7.82 Å². The summed E-state index contributed by atoms with van der Waals surface area (Å²) in [6.45, 7) is 4.30. The van der Waals surface area contributed by atoms with Crippen molar-refractivity contribution in [3.8, 4) is 0 Å². The van der Waals surface area contributed by atoms with Crippen molar-refractivity contribution in [1.29, 1.82) is 0 Å². The van der Waals surface area contributed by atoms with Gasteiger partial charge in [0.05, 0.1) is 27.7 Å². The summed E-state index contributed by atoms with van der Waals surface area (Å²) in [5.74, 6) is -0.811. The molecule has 0 aromatic heterocycles. The van der Waals surface area contributed by atoms with E-state index >= 15 is 0 Å². The van der Waals surface area contributed by atoms with Gasteiger partial charge in [-0.15, -0.1) is 0 Å². The predicted molar refractivity (Wildman–Crippen MR) is 301 cm³/mol. The number of esters is 2. The SMILES string of the molecule is CCCCCCCCCCCCCCCCCCCCCCCCCCCCCCCCCCCCC(=O)OC(COC(=O)CCCCCCCCCCCCCCC)COP(=O)([O-])OCC[N+](C)(C)C. The van der Waals surface area contributed by atoms with E-state index in [4.69, 9.17) is 18.5 Å². The molecule has 10 heteroatoms. The Morgan fingerprint density at radius 3 is 0.901 bits per heavy atom. The zero-order chi connectivity index (χ0) is 52.0. The first-order valence-corrected chi connectivity index (χ1v) is 32.7. The van der Waals surface area contributed by atoms with E-state index in [0.29, 0.717) is 17.4 Å². The van der Waals surface area contributed by atoms with Gasteiger partial charge in [0, 0.05) is 12.8 Å². The van der Waals surface area contributed by atoms with Crippen molar-refractivity contribution in [3.05, 3.63) is 0 Å². The van der Waals surface area contributed by atoms with Gasteiger partial charge in [0.1, 0.15) is 19.8 Å². The lowest BCUT2D eigenvalue weighted by molar-refractivity contribution is -0.870. The molecule has 71 heavy (non-hydrogen) atoms. The molecule has 0 aromatic carbocycles. The Hall–Kier alpha value is -0.990. The first-order valence-electron chi connectivity index (χ1n) is 31.2. The van der Waals surface area contributed by atoms with Crippen LogP contribution in [0.25, 0.3) is 0 Å². The van der Waals surface area contributed by atoms with E-state index in [1.807, 2.05) is 21.1 Å². The number of ether oxygens (including phenoxy) is 2. The lowest BCUT2D eigenvalue weighted by atomic mass is 10.0. The van der Waals surface area contributed by atoms with Crippen molar-refractivity contribution in [1.82, 2.24) is 0 Å². The minimum Gasteiger partial charge on any atom is -0.756 e. The second-order valence-electron chi connectivity index (χ2n) is 22.8. The normalized spacial score (nSPS) is 13.2. The molecule has 0 spiro atoms. The number of hydrogen-bond donors (Lipinski definition) is 0. The zero-order valence-corrected chi connectivity index (χ0v) is 49.1. The van der Waals surface area contributed by atoms with E-state index in [1.165, 1.54) is 263 Å². The third-order valence-corrected chi connectivity index (χ3v) is 15.3. The molecule has 0 N–H and O–H groups in total. The molecule has 0 heterocycles. The second-order valence-corrected chi connectivity index (χ2v) is 24.2. The van der Waals surface area contributed by atoms with Gasteiger partial charge in [-0.1, -0.05) is 303 Å². The van der Waals surface area contributed by atoms with E-state index in [0.717, 1.165) is 32.1 Å². The number of carbonyl (C=O) groups excluding carboxylic acids is 2. The summed E-state index contributed by atoms with van der Waals surface area (Å²) in [6, 6.07) is 0. The van der Waals surface area contributed by atoms with Crippen molar-refractivity contribution in [3.63, 3.8) is 0 Å². The first-order chi connectivity index (χ1) is 34.5. The molecule has 2 unspecified atom stereocenters. The van der Waals surface area contributed by atoms with Crippen LogP contribution in [0.2, 0.25) is 0 Å². The molecule has 0 rings (SSSR count). The van der Waals surface area contributed by atoms with Crippen LogP contribution in [0.3, 0.4) is 0 Å². The van der Waals surface area contributed by atoms with Gasteiger partial charge in [-0.05, 0) is 12.8 Å². The summed E-state index contributed by atoms with van der Waals surface area (Å²) in [7, 11) is 1.19. The minimum absolute atomic E-state index is 0.0252. The Balaban J connectivity index is 3.90. The molecule has 2 atom stereocenters. The molecular formula is C61H122NO8P. The maximum atomic E-state index is 12.8. The predicted octanol–water partition coefficient (Wildman–Crippen LogP) is 18.8. The fourth-order valence-electron chi connectivity index (χ4n) is 9.54. The summed E-state index contributed by atoms with van der Waals surface area (Å²) in [4.78, 5) is 37.8. The highest BCUT2D eigenvalue weighted by atomic mass is 31.2. The zero-order valence-electron chi connectivity index (χ0n) is 48.2. The van der Waals surface area contributed by atoms with Crippen molar-refractivity contribution in [2.24, 2.45) is 0 Å². The third kappa shape index (κ3) is 58.1. The molecule has 0 bridgehead atoms. The van der Waals surface area contributed by atoms with Crippen molar-refractivity contribution in [2.75, 3.05) is 47.5 Å². The number of phosphoric acid groups is 1. The van der Waals surface area contributed by atoms with Gasteiger partial charge >= 0.3 is 11.9 Å². The van der Waals surface area contributed by atoms with Gasteiger partial charge in [-0.2, -0.15) is 0 Å². The Labute approximate surface area is 442 Å². The quantitative estimate of drug-likeness (QED) is 0.0256. The average molecular weight is 1030 g/mol. The molecule has 0 saturated heterocycles. The van der Waals surface area contributed by atoms with Crippen molar-refractivity contribution >= 4 is 19.8 Å². The van der Waals surface area contributed by atoms with Crippen LogP contribution in [0.5, 0.6) is 0 Å². The third-order valence-electron chi connectivity index (χ3n) is 14.4. The van der Waals surface area contributed by atoms with E-state index in [-0.39, 0.29) is 32.0 Å². The molecule has 0 saturated carbocycles. The summed E-state index contributed by atoms with van der Waals surface area (Å²) < 4.78 is 34.1. The number of hydrogen-bond acceptors (Lipinski definition) is 8. The fourth-order valence-corrected chi connectivity index (χ4v) is 10.3. The van der Waals surface area contributed by atoms with Crippen molar-refractivity contribution < 1.29 is 42.1 Å². The number of nitrogens with zero attached hydrogens (tertiary/aromatic N) is 1. The number of rotatable bonds is 59. The van der Waals surface area contributed by atoms with E-state index < -0.39 is 26.5 Å². The Kier molecular flexibility index (Phi) is 53.1. The number of phosphoric ester groups is 1.